The minimum absolute atomic E-state index is 0.0506. The van der Waals surface area contributed by atoms with Crippen LogP contribution in [0.1, 0.15) is 26.2 Å². The zero-order valence-corrected chi connectivity index (χ0v) is 19.3. The Morgan fingerprint density at radius 3 is 2.32 bits per heavy atom. The maximum absolute atomic E-state index is 12.7. The van der Waals surface area contributed by atoms with Crippen LogP contribution in [0.5, 0.6) is 0 Å². The van der Waals surface area contributed by atoms with Gasteiger partial charge in [0.2, 0.25) is 11.8 Å². The molecule has 31 heavy (non-hydrogen) atoms. The van der Waals surface area contributed by atoms with Gasteiger partial charge in [0.1, 0.15) is 11.0 Å². The predicted octanol–water partition coefficient (Wildman–Crippen LogP) is 1.65. The van der Waals surface area contributed by atoms with Gasteiger partial charge in [-0.1, -0.05) is 30.3 Å². The standard InChI is InChI=1S/C20H28ClN5O4S/c1-2-17(27)26-9-7-24(8-10-26)16-13-15(21)22-19(23-16)31-14-18(28)25-5-3-20(4-6-25)29-11-12-30-20/h13H,2-12,14H2,1H3. The van der Waals surface area contributed by atoms with Gasteiger partial charge < -0.3 is 24.2 Å². The van der Waals surface area contributed by atoms with Crippen molar-refractivity contribution in [1.29, 1.82) is 0 Å². The van der Waals surface area contributed by atoms with Crippen molar-refractivity contribution < 1.29 is 19.1 Å². The first-order chi connectivity index (χ1) is 15.0. The summed E-state index contributed by atoms with van der Waals surface area (Å²) >= 11 is 7.52. The fourth-order valence-corrected chi connectivity index (χ4v) is 5.10. The van der Waals surface area contributed by atoms with Crippen molar-refractivity contribution in [2.75, 3.05) is 63.1 Å². The van der Waals surface area contributed by atoms with Crippen LogP contribution in [-0.2, 0) is 19.1 Å². The minimum Gasteiger partial charge on any atom is -0.353 e. The molecule has 0 aliphatic carbocycles. The van der Waals surface area contributed by atoms with Gasteiger partial charge in [-0.05, 0) is 0 Å². The second-order valence-electron chi connectivity index (χ2n) is 7.83. The first-order valence-electron chi connectivity index (χ1n) is 10.7. The molecule has 170 valence electrons. The highest BCUT2D eigenvalue weighted by Crippen LogP contribution is 2.31. The number of piperidine rings is 1. The molecule has 1 spiro atoms. The predicted molar refractivity (Wildman–Crippen MR) is 117 cm³/mol. The lowest BCUT2D eigenvalue weighted by molar-refractivity contribution is -0.186. The van der Waals surface area contributed by atoms with Crippen LogP contribution in [0.25, 0.3) is 0 Å². The van der Waals surface area contributed by atoms with Gasteiger partial charge >= 0.3 is 0 Å². The Morgan fingerprint density at radius 2 is 1.68 bits per heavy atom. The maximum Gasteiger partial charge on any atom is 0.233 e. The average molecular weight is 470 g/mol. The summed E-state index contributed by atoms with van der Waals surface area (Å²) in [5.74, 6) is 0.724. The molecule has 4 rings (SSSR count). The summed E-state index contributed by atoms with van der Waals surface area (Å²) < 4.78 is 11.4. The summed E-state index contributed by atoms with van der Waals surface area (Å²) in [6.45, 7) is 7.11. The Hall–Kier alpha value is -1.62. The Bertz CT molecular complexity index is 805. The molecule has 2 amide bonds. The van der Waals surface area contributed by atoms with Gasteiger partial charge in [0, 0.05) is 64.6 Å². The van der Waals surface area contributed by atoms with Crippen molar-refractivity contribution in [3.05, 3.63) is 11.2 Å². The molecule has 9 nitrogen and oxygen atoms in total. The number of piperazine rings is 1. The second kappa shape index (κ2) is 9.89. The number of carbonyl (C=O) groups is 2. The van der Waals surface area contributed by atoms with E-state index in [0.717, 1.165) is 5.82 Å². The zero-order chi connectivity index (χ0) is 21.8. The van der Waals surface area contributed by atoms with E-state index < -0.39 is 5.79 Å². The highest BCUT2D eigenvalue weighted by molar-refractivity contribution is 7.99. The monoisotopic (exact) mass is 469 g/mol. The van der Waals surface area contributed by atoms with Crippen molar-refractivity contribution in [2.24, 2.45) is 0 Å². The lowest BCUT2D eigenvalue weighted by Gasteiger charge is -2.37. The number of carbonyl (C=O) groups excluding carboxylic acids is 2. The third kappa shape index (κ3) is 5.42. The first kappa shape index (κ1) is 22.6. The summed E-state index contributed by atoms with van der Waals surface area (Å²) in [7, 11) is 0. The second-order valence-corrected chi connectivity index (χ2v) is 9.16. The highest BCUT2D eigenvalue weighted by atomic mass is 35.5. The molecule has 3 fully saturated rings. The van der Waals surface area contributed by atoms with Crippen molar-refractivity contribution in [3.8, 4) is 0 Å². The van der Waals surface area contributed by atoms with E-state index in [1.54, 1.807) is 6.07 Å². The minimum atomic E-state index is -0.485. The molecule has 0 N–H and O–H groups in total. The van der Waals surface area contributed by atoms with Gasteiger partial charge in [-0.15, -0.1) is 0 Å². The van der Waals surface area contributed by atoms with E-state index in [0.29, 0.717) is 82.1 Å². The summed E-state index contributed by atoms with van der Waals surface area (Å²) in [5, 5.41) is 0.835. The Kier molecular flexibility index (Phi) is 7.20. The molecule has 3 saturated heterocycles. The molecule has 4 heterocycles. The lowest BCUT2D eigenvalue weighted by atomic mass is 10.0. The molecule has 0 atom stereocenters. The van der Waals surface area contributed by atoms with Crippen LogP contribution in [0.4, 0.5) is 5.82 Å². The third-order valence-electron chi connectivity index (χ3n) is 5.94. The number of hydrogen-bond donors (Lipinski definition) is 0. The summed E-state index contributed by atoms with van der Waals surface area (Å²) in [6.07, 6.45) is 1.92. The summed E-state index contributed by atoms with van der Waals surface area (Å²) in [5.41, 5.74) is 0. The van der Waals surface area contributed by atoms with E-state index in [1.807, 2.05) is 16.7 Å². The number of likely N-dealkylation sites (tertiary alicyclic amines) is 1. The van der Waals surface area contributed by atoms with Crippen molar-refractivity contribution in [1.82, 2.24) is 19.8 Å². The third-order valence-corrected chi connectivity index (χ3v) is 6.96. The molecule has 0 unspecified atom stereocenters. The van der Waals surface area contributed by atoms with Crippen LogP contribution >= 0.6 is 23.4 Å². The van der Waals surface area contributed by atoms with E-state index >= 15 is 0 Å². The number of ether oxygens (including phenoxy) is 2. The molecular formula is C20H28ClN5O4S. The van der Waals surface area contributed by atoms with Crippen molar-refractivity contribution in [3.63, 3.8) is 0 Å². The van der Waals surface area contributed by atoms with E-state index in [1.165, 1.54) is 11.8 Å². The molecule has 0 saturated carbocycles. The van der Waals surface area contributed by atoms with Crippen LogP contribution in [0, 0.1) is 0 Å². The number of thioether (sulfide) groups is 1. The molecule has 1 aromatic heterocycles. The highest BCUT2D eigenvalue weighted by Gasteiger charge is 2.40. The Balaban J connectivity index is 1.30. The van der Waals surface area contributed by atoms with Crippen molar-refractivity contribution in [2.45, 2.75) is 37.1 Å². The first-order valence-corrected chi connectivity index (χ1v) is 12.1. The summed E-state index contributed by atoms with van der Waals surface area (Å²) in [6, 6.07) is 1.73. The number of amides is 2. The van der Waals surface area contributed by atoms with Gasteiger partial charge in [0.05, 0.1) is 19.0 Å². The molecule has 11 heteroatoms. The number of halogens is 1. The number of aromatic nitrogens is 2. The van der Waals surface area contributed by atoms with Gasteiger partial charge in [0.15, 0.2) is 10.9 Å². The molecule has 1 aromatic rings. The topological polar surface area (TPSA) is 88.1 Å². The SMILES string of the molecule is CCC(=O)N1CCN(c2cc(Cl)nc(SCC(=O)N3CCC4(CC3)OCCO4)n2)CC1. The van der Waals surface area contributed by atoms with E-state index in [-0.39, 0.29) is 17.6 Å². The number of nitrogens with zero attached hydrogens (tertiary/aromatic N) is 5. The number of hydrogen-bond acceptors (Lipinski definition) is 8. The zero-order valence-electron chi connectivity index (χ0n) is 17.7. The van der Waals surface area contributed by atoms with Gasteiger partial charge in [-0.2, -0.15) is 0 Å². The van der Waals surface area contributed by atoms with Crippen molar-refractivity contribution >= 4 is 41.0 Å². The van der Waals surface area contributed by atoms with Crippen LogP contribution in [0.15, 0.2) is 11.2 Å². The number of rotatable bonds is 5. The molecular weight excluding hydrogens is 442 g/mol. The normalized spacial score (nSPS) is 21.0. The fraction of sp³-hybridized carbons (Fsp3) is 0.700. The Morgan fingerprint density at radius 1 is 1.03 bits per heavy atom. The van der Waals surface area contributed by atoms with Gasteiger partial charge in [0.25, 0.3) is 0 Å². The van der Waals surface area contributed by atoms with Crippen LogP contribution in [-0.4, -0.2) is 95.6 Å². The molecule has 3 aliphatic heterocycles. The number of anilines is 1. The maximum atomic E-state index is 12.7. The lowest BCUT2D eigenvalue weighted by Crippen LogP contribution is -2.48. The average Bonchev–Trinajstić information content (AvgIpc) is 3.25. The van der Waals surface area contributed by atoms with Gasteiger partial charge in [-0.3, -0.25) is 9.59 Å². The fourth-order valence-electron chi connectivity index (χ4n) is 4.12. The van der Waals surface area contributed by atoms with Crippen LogP contribution in [0.3, 0.4) is 0 Å². The Labute approximate surface area is 191 Å². The van der Waals surface area contributed by atoms with Crippen LogP contribution in [0.2, 0.25) is 5.15 Å². The quantitative estimate of drug-likeness (QED) is 0.365. The van der Waals surface area contributed by atoms with E-state index in [4.69, 9.17) is 21.1 Å². The van der Waals surface area contributed by atoms with Crippen LogP contribution < -0.4 is 4.90 Å². The molecule has 0 bridgehead atoms. The van der Waals surface area contributed by atoms with E-state index in [9.17, 15) is 9.59 Å². The largest absolute Gasteiger partial charge is 0.353 e. The summed E-state index contributed by atoms with van der Waals surface area (Å²) in [4.78, 5) is 39.2. The molecule has 0 aromatic carbocycles. The molecule has 0 radical (unpaired) electrons. The smallest absolute Gasteiger partial charge is 0.233 e. The molecule has 3 aliphatic rings. The van der Waals surface area contributed by atoms with E-state index in [2.05, 4.69) is 14.9 Å². The van der Waals surface area contributed by atoms with Gasteiger partial charge in [-0.25, -0.2) is 9.97 Å².